The summed E-state index contributed by atoms with van der Waals surface area (Å²) in [4.78, 5) is 24.1. The Hall–Kier alpha value is -1.53. The quantitative estimate of drug-likeness (QED) is 0.635. The van der Waals surface area contributed by atoms with E-state index in [1.54, 1.807) is 0 Å². The standard InChI is InChI=1S/C7H7ClN2O3.H3N/c1-13-7(12)5-3(8)2-4(10-5)6(9)11;/h2,10H,1H3,(H2,9,11);1H3. The molecule has 0 spiro atoms. The molecular formula is C7H10ClN3O3. The molecule has 0 unspecified atom stereocenters. The summed E-state index contributed by atoms with van der Waals surface area (Å²) >= 11 is 5.62. The van der Waals surface area contributed by atoms with Gasteiger partial charge in [-0.3, -0.25) is 4.79 Å². The van der Waals surface area contributed by atoms with E-state index in [1.165, 1.54) is 13.2 Å². The molecule has 0 bridgehead atoms. The molecule has 7 heteroatoms. The molecule has 1 aromatic heterocycles. The van der Waals surface area contributed by atoms with Crippen LogP contribution in [0.2, 0.25) is 5.02 Å². The van der Waals surface area contributed by atoms with Crippen molar-refractivity contribution in [1.29, 1.82) is 0 Å². The zero-order valence-corrected chi connectivity index (χ0v) is 8.22. The van der Waals surface area contributed by atoms with Gasteiger partial charge in [-0.15, -0.1) is 0 Å². The molecule has 0 atom stereocenters. The first kappa shape index (κ1) is 12.5. The smallest absolute Gasteiger partial charge is 0.356 e. The normalized spacial score (nSPS) is 9.00. The molecule has 14 heavy (non-hydrogen) atoms. The van der Waals surface area contributed by atoms with Crippen LogP contribution in [0.15, 0.2) is 6.07 Å². The number of nitrogens with one attached hydrogen (secondary N) is 1. The summed E-state index contributed by atoms with van der Waals surface area (Å²) in [5.41, 5.74) is 5.06. The molecule has 0 aliphatic heterocycles. The van der Waals surface area contributed by atoms with Crippen molar-refractivity contribution >= 4 is 23.5 Å². The van der Waals surface area contributed by atoms with Crippen LogP contribution in [0, 0.1) is 0 Å². The van der Waals surface area contributed by atoms with Gasteiger partial charge in [-0.1, -0.05) is 11.6 Å². The van der Waals surface area contributed by atoms with Crippen LogP contribution in [0.1, 0.15) is 21.0 Å². The van der Waals surface area contributed by atoms with E-state index in [9.17, 15) is 9.59 Å². The maximum absolute atomic E-state index is 11.0. The third-order valence-corrected chi connectivity index (χ3v) is 1.72. The molecule has 0 aliphatic carbocycles. The molecule has 0 radical (unpaired) electrons. The van der Waals surface area contributed by atoms with Crippen molar-refractivity contribution < 1.29 is 14.3 Å². The number of rotatable bonds is 2. The number of amides is 1. The number of carbonyl (C=O) groups excluding carboxylic acids is 2. The summed E-state index contributed by atoms with van der Waals surface area (Å²) in [6, 6.07) is 1.27. The van der Waals surface area contributed by atoms with E-state index in [1.807, 2.05) is 0 Å². The minimum Gasteiger partial charge on any atom is -0.464 e. The summed E-state index contributed by atoms with van der Waals surface area (Å²) in [6.07, 6.45) is 0. The van der Waals surface area contributed by atoms with Crippen molar-refractivity contribution in [2.24, 2.45) is 5.73 Å². The van der Waals surface area contributed by atoms with Crippen LogP contribution in [0.25, 0.3) is 0 Å². The summed E-state index contributed by atoms with van der Waals surface area (Å²) < 4.78 is 4.40. The number of hydrogen-bond acceptors (Lipinski definition) is 4. The van der Waals surface area contributed by atoms with Crippen molar-refractivity contribution in [3.8, 4) is 0 Å². The van der Waals surface area contributed by atoms with Crippen molar-refractivity contribution in [2.45, 2.75) is 0 Å². The predicted octanol–water partition coefficient (Wildman–Crippen LogP) is 0.716. The summed E-state index contributed by atoms with van der Waals surface area (Å²) in [6.45, 7) is 0. The van der Waals surface area contributed by atoms with Crippen LogP contribution in [0.3, 0.4) is 0 Å². The number of ether oxygens (including phenoxy) is 1. The molecule has 0 fully saturated rings. The lowest BCUT2D eigenvalue weighted by Crippen LogP contribution is -2.12. The maximum atomic E-state index is 11.0. The fourth-order valence-electron chi connectivity index (χ4n) is 0.813. The number of aromatic amines is 1. The van der Waals surface area contributed by atoms with Crippen LogP contribution in [-0.4, -0.2) is 24.0 Å². The highest BCUT2D eigenvalue weighted by molar-refractivity contribution is 6.33. The third-order valence-electron chi connectivity index (χ3n) is 1.42. The second-order valence-electron chi connectivity index (χ2n) is 2.26. The van der Waals surface area contributed by atoms with Crippen LogP contribution >= 0.6 is 11.6 Å². The highest BCUT2D eigenvalue weighted by Gasteiger charge is 2.16. The zero-order valence-electron chi connectivity index (χ0n) is 7.46. The van der Waals surface area contributed by atoms with Gasteiger partial charge in [-0.25, -0.2) is 4.79 Å². The van der Waals surface area contributed by atoms with Crippen molar-refractivity contribution in [3.05, 3.63) is 22.5 Å². The fraction of sp³-hybridized carbons (Fsp3) is 0.143. The first-order chi connectivity index (χ1) is 6.06. The molecular weight excluding hydrogens is 210 g/mol. The second kappa shape index (κ2) is 4.64. The van der Waals surface area contributed by atoms with Gasteiger partial charge >= 0.3 is 5.97 Å². The van der Waals surface area contributed by atoms with Gasteiger partial charge in [0.15, 0.2) is 0 Å². The Bertz CT molecular complexity index is 361. The number of hydrogen-bond donors (Lipinski definition) is 3. The lowest BCUT2D eigenvalue weighted by Gasteiger charge is -1.94. The number of H-pyrrole nitrogens is 1. The lowest BCUT2D eigenvalue weighted by atomic mass is 10.4. The number of aromatic nitrogens is 1. The van der Waals surface area contributed by atoms with E-state index in [-0.39, 0.29) is 22.6 Å². The largest absolute Gasteiger partial charge is 0.464 e. The number of carbonyl (C=O) groups is 2. The van der Waals surface area contributed by atoms with E-state index in [0.29, 0.717) is 0 Å². The molecule has 78 valence electrons. The molecule has 1 aromatic rings. The molecule has 1 heterocycles. The van der Waals surface area contributed by atoms with Crippen molar-refractivity contribution in [1.82, 2.24) is 11.1 Å². The van der Waals surface area contributed by atoms with Gasteiger partial charge in [0.1, 0.15) is 11.4 Å². The van der Waals surface area contributed by atoms with E-state index >= 15 is 0 Å². The maximum Gasteiger partial charge on any atom is 0.356 e. The monoisotopic (exact) mass is 219 g/mol. The molecule has 6 N–H and O–H groups in total. The molecule has 0 aromatic carbocycles. The number of nitrogens with two attached hydrogens (primary N) is 1. The molecule has 1 rings (SSSR count). The van der Waals surface area contributed by atoms with Gasteiger partial charge < -0.3 is 21.6 Å². The van der Waals surface area contributed by atoms with E-state index < -0.39 is 11.9 Å². The van der Waals surface area contributed by atoms with Gasteiger partial charge in [-0.2, -0.15) is 0 Å². The van der Waals surface area contributed by atoms with Crippen LogP contribution in [0.5, 0.6) is 0 Å². The van der Waals surface area contributed by atoms with Crippen LogP contribution in [-0.2, 0) is 4.74 Å². The van der Waals surface area contributed by atoms with Crippen LogP contribution in [0.4, 0.5) is 0 Å². The Morgan fingerprint density at radius 3 is 2.50 bits per heavy atom. The Balaban J connectivity index is 0.00000169. The third kappa shape index (κ3) is 2.24. The Morgan fingerprint density at radius 2 is 2.14 bits per heavy atom. The molecule has 0 saturated heterocycles. The molecule has 0 aliphatic rings. The van der Waals surface area contributed by atoms with Crippen molar-refractivity contribution in [3.63, 3.8) is 0 Å². The highest BCUT2D eigenvalue weighted by atomic mass is 35.5. The number of methoxy groups -OCH3 is 1. The first-order valence-electron chi connectivity index (χ1n) is 3.33. The minimum atomic E-state index is -0.683. The predicted molar refractivity (Wildman–Crippen MR) is 50.7 cm³/mol. The SMILES string of the molecule is COC(=O)c1[nH]c(C(N)=O)cc1Cl.N. The number of halogens is 1. The Kier molecular flexibility index (Phi) is 4.13. The molecule has 1 amide bonds. The Labute approximate surface area is 85.0 Å². The average Bonchev–Trinajstić information content (AvgIpc) is 2.46. The van der Waals surface area contributed by atoms with Gasteiger partial charge in [-0.05, 0) is 6.07 Å². The zero-order chi connectivity index (χ0) is 10.0. The topological polar surface area (TPSA) is 120 Å². The number of esters is 1. The van der Waals surface area contributed by atoms with Crippen LogP contribution < -0.4 is 11.9 Å². The summed E-state index contributed by atoms with van der Waals surface area (Å²) in [5.74, 6) is -1.32. The Morgan fingerprint density at radius 1 is 1.57 bits per heavy atom. The first-order valence-corrected chi connectivity index (χ1v) is 3.70. The highest BCUT2D eigenvalue weighted by Crippen LogP contribution is 2.17. The van der Waals surface area contributed by atoms with E-state index in [4.69, 9.17) is 17.3 Å². The lowest BCUT2D eigenvalue weighted by molar-refractivity contribution is 0.0595. The van der Waals surface area contributed by atoms with Gasteiger partial charge in [0.2, 0.25) is 0 Å². The van der Waals surface area contributed by atoms with E-state index in [2.05, 4.69) is 9.72 Å². The van der Waals surface area contributed by atoms with Crippen molar-refractivity contribution in [2.75, 3.05) is 7.11 Å². The number of primary amides is 1. The molecule has 0 saturated carbocycles. The fourth-order valence-corrected chi connectivity index (χ4v) is 1.05. The van der Waals surface area contributed by atoms with E-state index in [0.717, 1.165) is 0 Å². The van der Waals surface area contributed by atoms with Gasteiger partial charge in [0, 0.05) is 0 Å². The molecule has 6 nitrogen and oxygen atoms in total. The second-order valence-corrected chi connectivity index (χ2v) is 2.67. The average molecular weight is 220 g/mol. The van der Waals surface area contributed by atoms with Gasteiger partial charge in [0.25, 0.3) is 5.91 Å². The minimum absolute atomic E-state index is 0. The van der Waals surface area contributed by atoms with Gasteiger partial charge in [0.05, 0.1) is 12.1 Å². The summed E-state index contributed by atoms with van der Waals surface area (Å²) in [5, 5.41) is 0.112. The summed E-state index contributed by atoms with van der Waals surface area (Å²) in [7, 11) is 1.21.